The molecule has 2 aromatic carbocycles. The van der Waals surface area contributed by atoms with Gasteiger partial charge >= 0.3 is 0 Å². The molecule has 9 nitrogen and oxygen atoms in total. The number of fused-ring (bicyclic) bond motifs is 1. The number of thiol groups is 1. The van der Waals surface area contributed by atoms with Crippen LogP contribution in [-0.2, 0) is 21.7 Å². The van der Waals surface area contributed by atoms with Crippen LogP contribution in [0.15, 0.2) is 53.4 Å². The summed E-state index contributed by atoms with van der Waals surface area (Å²) in [5.74, 6) is 1.12. The third-order valence-corrected chi connectivity index (χ3v) is 4.92. The molecule has 0 aliphatic heterocycles. The Bertz CT molecular complexity index is 1150. The standard InChI is InChI=1S/C17H18N8OS/c1-2-24-14-9-4-3-8-13(14)21-17(24)25-15(18)22-16(23-25)20-11-6-5-7-12(10-11)27(19)26/h3-10H,2H2,1H3,(H2,19,26)(H3,18,20,22,23)/p+1. The van der Waals surface area contributed by atoms with Crippen LogP contribution in [0.5, 0.6) is 0 Å². The van der Waals surface area contributed by atoms with Crippen molar-refractivity contribution in [3.8, 4) is 5.95 Å². The highest BCUT2D eigenvalue weighted by atomic mass is 32.2. The molecule has 4 rings (SSSR count). The fourth-order valence-corrected chi connectivity index (χ4v) is 3.41. The van der Waals surface area contributed by atoms with Crippen LogP contribution in [0.25, 0.3) is 17.0 Å². The van der Waals surface area contributed by atoms with Gasteiger partial charge < -0.3 is 15.6 Å². The Hall–Kier alpha value is -3.24. The highest BCUT2D eigenvalue weighted by Crippen LogP contribution is 2.22. The maximum Gasteiger partial charge on any atom is 0.248 e. The monoisotopic (exact) mass is 383 g/mol. The Kier molecular flexibility index (Phi) is 4.34. The van der Waals surface area contributed by atoms with Gasteiger partial charge in [-0.25, -0.2) is 4.98 Å². The summed E-state index contributed by atoms with van der Waals surface area (Å²) in [6, 6.07) is 14.8. The van der Waals surface area contributed by atoms with Crippen LogP contribution in [0.4, 0.5) is 17.6 Å². The lowest BCUT2D eigenvalue weighted by atomic mass is 10.3. The third kappa shape index (κ3) is 3.15. The number of nitrogens with zero attached hydrogens (tertiary/aromatic N) is 5. The van der Waals surface area contributed by atoms with Gasteiger partial charge in [-0.2, -0.15) is 9.67 Å². The van der Waals surface area contributed by atoms with Crippen LogP contribution < -0.4 is 16.2 Å². The quantitative estimate of drug-likeness (QED) is 0.356. The number of hydrogen-bond donors (Lipinski definition) is 3. The molecule has 27 heavy (non-hydrogen) atoms. The van der Waals surface area contributed by atoms with E-state index in [1.807, 2.05) is 35.8 Å². The molecule has 0 radical (unpaired) electrons. The minimum absolute atomic E-state index is 0.212. The number of aryl methyl sites for hydroxylation is 1. The molecule has 138 valence electrons. The van der Waals surface area contributed by atoms with Crippen LogP contribution in [0, 0.1) is 0 Å². The van der Waals surface area contributed by atoms with Crippen LogP contribution in [0.2, 0.25) is 0 Å². The van der Waals surface area contributed by atoms with E-state index in [1.165, 1.54) is 4.68 Å². The molecule has 0 saturated carbocycles. The molecule has 0 amide bonds. The smallest absolute Gasteiger partial charge is 0.248 e. The fraction of sp³-hybridized carbons (Fsp3) is 0.118. The van der Waals surface area contributed by atoms with Gasteiger partial charge in [-0.3, -0.25) is 0 Å². The summed E-state index contributed by atoms with van der Waals surface area (Å²) in [6.45, 7) is 2.74. The molecule has 0 aliphatic rings. The number of imidazole rings is 1. The van der Waals surface area contributed by atoms with E-state index in [2.05, 4.69) is 20.4 Å². The SMILES string of the molecule is CCn1c(-n2nc(Nc3cccc([SH+](N)=O)c3)nc2N)nc2ccccc21. The van der Waals surface area contributed by atoms with E-state index in [-0.39, 0.29) is 5.95 Å². The molecule has 4 aromatic rings. The Morgan fingerprint density at radius 1 is 1.15 bits per heavy atom. The number of nitrogen functional groups attached to an aromatic ring is 1. The molecule has 2 heterocycles. The van der Waals surface area contributed by atoms with Crippen molar-refractivity contribution in [3.63, 3.8) is 0 Å². The summed E-state index contributed by atoms with van der Waals surface area (Å²) in [5.41, 5.74) is 8.61. The Labute approximate surface area is 157 Å². The average Bonchev–Trinajstić information content (AvgIpc) is 3.21. The van der Waals surface area contributed by atoms with Crippen molar-refractivity contribution >= 4 is 39.6 Å². The van der Waals surface area contributed by atoms with Gasteiger partial charge in [0.1, 0.15) is 0 Å². The number of rotatable bonds is 5. The molecule has 0 fully saturated rings. The van der Waals surface area contributed by atoms with Crippen LogP contribution in [0.3, 0.4) is 0 Å². The van der Waals surface area contributed by atoms with Gasteiger partial charge in [0.05, 0.1) is 11.0 Å². The highest BCUT2D eigenvalue weighted by molar-refractivity contribution is 7.82. The minimum atomic E-state index is -1.92. The average molecular weight is 383 g/mol. The number of anilines is 3. The number of para-hydroxylation sites is 2. The number of benzene rings is 2. The summed E-state index contributed by atoms with van der Waals surface area (Å²) < 4.78 is 15.0. The topological polar surface area (TPSA) is 130 Å². The lowest BCUT2D eigenvalue weighted by Gasteiger charge is -2.05. The van der Waals surface area contributed by atoms with Crippen molar-refractivity contribution < 1.29 is 4.21 Å². The highest BCUT2D eigenvalue weighted by Gasteiger charge is 2.17. The first-order valence-corrected chi connectivity index (χ1v) is 9.67. The lowest BCUT2D eigenvalue weighted by molar-refractivity contribution is 0.596. The zero-order chi connectivity index (χ0) is 19.0. The van der Waals surface area contributed by atoms with E-state index in [0.717, 1.165) is 11.0 Å². The normalized spacial score (nSPS) is 12.4. The second-order valence-corrected chi connectivity index (χ2v) is 7.02. The predicted octanol–water partition coefficient (Wildman–Crippen LogP) is 1.89. The van der Waals surface area contributed by atoms with Crippen molar-refractivity contribution in [1.29, 1.82) is 0 Å². The van der Waals surface area contributed by atoms with Crippen molar-refractivity contribution in [2.24, 2.45) is 5.14 Å². The summed E-state index contributed by atoms with van der Waals surface area (Å²) >= 11 is 0. The molecule has 1 atom stereocenters. The molecule has 5 N–H and O–H groups in total. The van der Waals surface area contributed by atoms with E-state index in [1.54, 1.807) is 24.3 Å². The molecular formula is C17H19N8OS+. The summed E-state index contributed by atoms with van der Waals surface area (Å²) in [5, 5.41) is 13.0. The van der Waals surface area contributed by atoms with E-state index in [0.29, 0.717) is 29.0 Å². The molecule has 1 unspecified atom stereocenters. The van der Waals surface area contributed by atoms with E-state index >= 15 is 0 Å². The fourth-order valence-electron chi connectivity index (χ4n) is 2.91. The largest absolute Gasteiger partial charge is 0.368 e. The molecule has 0 spiro atoms. The zero-order valence-electron chi connectivity index (χ0n) is 14.6. The Balaban J connectivity index is 1.72. The maximum absolute atomic E-state index is 11.5. The lowest BCUT2D eigenvalue weighted by Crippen LogP contribution is -2.10. The van der Waals surface area contributed by atoms with Gasteiger partial charge in [0.2, 0.25) is 17.8 Å². The first kappa shape index (κ1) is 17.2. The first-order chi connectivity index (χ1) is 13.1. The van der Waals surface area contributed by atoms with Gasteiger partial charge in [-0.05, 0) is 31.2 Å². The second-order valence-electron chi connectivity index (χ2n) is 5.85. The number of aromatic nitrogens is 5. The molecule has 0 aliphatic carbocycles. The maximum atomic E-state index is 11.5. The van der Waals surface area contributed by atoms with Gasteiger partial charge in [0.25, 0.3) is 0 Å². The van der Waals surface area contributed by atoms with Crippen molar-refractivity contribution in [3.05, 3.63) is 48.5 Å². The summed E-state index contributed by atoms with van der Waals surface area (Å²) in [7, 11) is -1.92. The molecular weight excluding hydrogens is 364 g/mol. The second kappa shape index (κ2) is 6.82. The first-order valence-electron chi connectivity index (χ1n) is 8.34. The third-order valence-electron chi connectivity index (χ3n) is 4.13. The van der Waals surface area contributed by atoms with Crippen LogP contribution in [0.1, 0.15) is 6.92 Å². The van der Waals surface area contributed by atoms with Crippen molar-refractivity contribution in [2.45, 2.75) is 18.4 Å². The van der Waals surface area contributed by atoms with Gasteiger partial charge in [0, 0.05) is 18.3 Å². The van der Waals surface area contributed by atoms with Gasteiger partial charge in [0.15, 0.2) is 15.9 Å². The number of nitrogens with two attached hydrogens (primary N) is 2. The van der Waals surface area contributed by atoms with E-state index in [9.17, 15) is 4.21 Å². The van der Waals surface area contributed by atoms with E-state index < -0.39 is 11.0 Å². The Morgan fingerprint density at radius 2 is 1.96 bits per heavy atom. The molecule has 0 bridgehead atoms. The van der Waals surface area contributed by atoms with Crippen LogP contribution in [-0.4, -0.2) is 24.3 Å². The predicted molar refractivity (Wildman–Crippen MR) is 106 cm³/mol. The zero-order valence-corrected chi connectivity index (χ0v) is 15.5. The van der Waals surface area contributed by atoms with Gasteiger partial charge in [-0.1, -0.05) is 22.4 Å². The van der Waals surface area contributed by atoms with Crippen molar-refractivity contribution in [1.82, 2.24) is 24.3 Å². The van der Waals surface area contributed by atoms with Gasteiger partial charge in [-0.15, -0.1) is 10.2 Å². The number of hydrogen-bond acceptors (Lipinski definition) is 6. The minimum Gasteiger partial charge on any atom is -0.368 e. The summed E-state index contributed by atoms with van der Waals surface area (Å²) in [4.78, 5) is 9.43. The number of nitrogens with one attached hydrogen (secondary N) is 1. The molecule has 0 saturated heterocycles. The molecule has 2 aromatic heterocycles. The molecule has 10 heteroatoms. The Morgan fingerprint density at radius 3 is 2.74 bits per heavy atom. The summed E-state index contributed by atoms with van der Waals surface area (Å²) in [6.07, 6.45) is 0. The van der Waals surface area contributed by atoms with Crippen molar-refractivity contribution in [2.75, 3.05) is 11.1 Å². The van der Waals surface area contributed by atoms with Crippen LogP contribution >= 0.6 is 0 Å². The van der Waals surface area contributed by atoms with E-state index in [4.69, 9.17) is 10.9 Å².